The monoisotopic (exact) mass is 196 g/mol. The van der Waals surface area contributed by atoms with E-state index in [2.05, 4.69) is 0 Å². The Kier molecular flexibility index (Phi) is 3.26. The first-order chi connectivity index (χ1) is 6.20. The largest absolute Gasteiger partial charge is 0.394 e. The van der Waals surface area contributed by atoms with Gasteiger partial charge in [-0.05, 0) is 12.1 Å². The molecule has 0 aliphatic carbocycles. The van der Waals surface area contributed by atoms with Gasteiger partial charge in [-0.25, -0.2) is 0 Å². The normalized spacial score (nSPS) is 12.2. The first-order valence-corrected chi connectivity index (χ1v) is 4.13. The first-order valence-electron chi connectivity index (χ1n) is 3.75. The number of aliphatic hydroxyl groups excluding tert-OH is 1. The van der Waals surface area contributed by atoms with Gasteiger partial charge in [0.05, 0.1) is 24.3 Å². The number of aliphatic hydroxyl groups is 1. The molecule has 1 aromatic rings. The van der Waals surface area contributed by atoms with Crippen molar-refractivity contribution in [2.75, 3.05) is 6.61 Å². The van der Waals surface area contributed by atoms with Crippen molar-refractivity contribution in [3.8, 4) is 6.07 Å². The maximum absolute atomic E-state index is 8.84. The van der Waals surface area contributed by atoms with E-state index < -0.39 is 6.04 Å². The molecule has 0 amide bonds. The van der Waals surface area contributed by atoms with Crippen LogP contribution in [0.3, 0.4) is 0 Å². The lowest BCUT2D eigenvalue weighted by molar-refractivity contribution is 0.268. The molecule has 0 radical (unpaired) electrons. The van der Waals surface area contributed by atoms with Crippen molar-refractivity contribution in [3.05, 3.63) is 34.3 Å². The summed E-state index contributed by atoms with van der Waals surface area (Å²) < 4.78 is 0. The van der Waals surface area contributed by atoms with Gasteiger partial charge in [0.2, 0.25) is 0 Å². The molecule has 1 rings (SSSR count). The molecule has 0 saturated heterocycles. The molecule has 0 heterocycles. The van der Waals surface area contributed by atoms with Crippen LogP contribution in [-0.2, 0) is 0 Å². The number of nitrogens with zero attached hydrogens (tertiary/aromatic N) is 1. The topological polar surface area (TPSA) is 70.0 Å². The molecule has 0 saturated carbocycles. The second-order valence-corrected chi connectivity index (χ2v) is 3.01. The standard InChI is InChI=1S/C9H9ClN2O/c10-7-3-1-2-6(4-11)9(7)8(12)5-13/h1-3,8,13H,5,12H2/t8-/m1/s1. The molecule has 1 atom stereocenters. The van der Waals surface area contributed by atoms with E-state index in [9.17, 15) is 0 Å². The third-order valence-corrected chi connectivity index (χ3v) is 2.07. The van der Waals surface area contributed by atoms with Gasteiger partial charge in [-0.2, -0.15) is 5.26 Å². The van der Waals surface area contributed by atoms with E-state index in [1.165, 1.54) is 0 Å². The maximum atomic E-state index is 8.84. The number of hydrogen-bond acceptors (Lipinski definition) is 3. The number of nitriles is 1. The van der Waals surface area contributed by atoms with Crippen molar-refractivity contribution < 1.29 is 5.11 Å². The molecule has 3 N–H and O–H groups in total. The van der Waals surface area contributed by atoms with E-state index in [4.69, 9.17) is 27.7 Å². The number of nitrogens with two attached hydrogens (primary N) is 1. The molecule has 0 bridgehead atoms. The van der Waals surface area contributed by atoms with Crippen molar-refractivity contribution >= 4 is 11.6 Å². The minimum Gasteiger partial charge on any atom is -0.394 e. The van der Waals surface area contributed by atoms with Crippen LogP contribution < -0.4 is 5.73 Å². The van der Waals surface area contributed by atoms with Crippen molar-refractivity contribution in [1.29, 1.82) is 5.26 Å². The van der Waals surface area contributed by atoms with Gasteiger partial charge in [0, 0.05) is 10.6 Å². The molecule has 0 aromatic heterocycles. The first kappa shape index (κ1) is 10.0. The average molecular weight is 197 g/mol. The summed E-state index contributed by atoms with van der Waals surface area (Å²) in [6.45, 7) is -0.224. The highest BCUT2D eigenvalue weighted by Crippen LogP contribution is 2.24. The lowest BCUT2D eigenvalue weighted by atomic mass is 10.0. The Hall–Kier alpha value is -1.08. The quantitative estimate of drug-likeness (QED) is 0.747. The van der Waals surface area contributed by atoms with Gasteiger partial charge in [-0.3, -0.25) is 0 Å². The second kappa shape index (κ2) is 4.24. The zero-order valence-corrected chi connectivity index (χ0v) is 7.62. The minimum absolute atomic E-state index is 0.224. The van der Waals surface area contributed by atoms with Crippen molar-refractivity contribution in [2.45, 2.75) is 6.04 Å². The molecule has 0 aliphatic rings. The SMILES string of the molecule is N#Cc1cccc(Cl)c1[C@H](N)CO. The molecule has 1 aromatic carbocycles. The van der Waals surface area contributed by atoms with E-state index >= 15 is 0 Å². The molecule has 4 heteroatoms. The summed E-state index contributed by atoms with van der Waals surface area (Å²) in [4.78, 5) is 0. The summed E-state index contributed by atoms with van der Waals surface area (Å²) in [5, 5.41) is 18.0. The molecular weight excluding hydrogens is 188 g/mol. The number of benzene rings is 1. The molecule has 0 aliphatic heterocycles. The van der Waals surface area contributed by atoms with Crippen LogP contribution in [0.1, 0.15) is 17.2 Å². The molecule has 68 valence electrons. The van der Waals surface area contributed by atoms with Gasteiger partial charge in [-0.15, -0.1) is 0 Å². The highest BCUT2D eigenvalue weighted by Gasteiger charge is 2.13. The number of halogens is 1. The number of rotatable bonds is 2. The Morgan fingerprint density at radius 1 is 1.62 bits per heavy atom. The van der Waals surface area contributed by atoms with E-state index in [-0.39, 0.29) is 6.61 Å². The van der Waals surface area contributed by atoms with Crippen LogP contribution in [0.2, 0.25) is 5.02 Å². The van der Waals surface area contributed by atoms with Crippen LogP contribution in [0.15, 0.2) is 18.2 Å². The van der Waals surface area contributed by atoms with E-state index in [0.29, 0.717) is 16.1 Å². The third kappa shape index (κ3) is 1.99. The predicted molar refractivity (Wildman–Crippen MR) is 50.2 cm³/mol. The fraction of sp³-hybridized carbons (Fsp3) is 0.222. The lowest BCUT2D eigenvalue weighted by Crippen LogP contribution is -2.16. The Labute approximate surface area is 81.4 Å². The van der Waals surface area contributed by atoms with Crippen LogP contribution >= 0.6 is 11.6 Å². The van der Waals surface area contributed by atoms with Crippen LogP contribution in [0, 0.1) is 11.3 Å². The summed E-state index contributed by atoms with van der Waals surface area (Å²) in [7, 11) is 0. The summed E-state index contributed by atoms with van der Waals surface area (Å²) in [5.41, 5.74) is 6.51. The average Bonchev–Trinajstić information content (AvgIpc) is 2.16. The predicted octanol–water partition coefficient (Wildman–Crippen LogP) is 1.20. The highest BCUT2D eigenvalue weighted by atomic mass is 35.5. The summed E-state index contributed by atoms with van der Waals surface area (Å²) in [5.74, 6) is 0. The van der Waals surface area contributed by atoms with Gasteiger partial charge in [0.25, 0.3) is 0 Å². The van der Waals surface area contributed by atoms with E-state index in [1.807, 2.05) is 6.07 Å². The van der Waals surface area contributed by atoms with Gasteiger partial charge in [-0.1, -0.05) is 17.7 Å². The van der Waals surface area contributed by atoms with Gasteiger partial charge in [0.15, 0.2) is 0 Å². The zero-order chi connectivity index (χ0) is 9.84. The highest BCUT2D eigenvalue weighted by molar-refractivity contribution is 6.31. The van der Waals surface area contributed by atoms with Crippen molar-refractivity contribution in [1.82, 2.24) is 0 Å². The summed E-state index contributed by atoms with van der Waals surface area (Å²) in [6, 6.07) is 6.32. The Balaban J connectivity index is 3.24. The number of hydrogen-bond donors (Lipinski definition) is 2. The lowest BCUT2D eigenvalue weighted by Gasteiger charge is -2.11. The minimum atomic E-state index is -0.594. The van der Waals surface area contributed by atoms with Gasteiger partial charge >= 0.3 is 0 Å². The van der Waals surface area contributed by atoms with Crippen LogP contribution in [0.25, 0.3) is 0 Å². The third-order valence-electron chi connectivity index (χ3n) is 1.74. The Morgan fingerprint density at radius 2 is 2.31 bits per heavy atom. The molecule has 0 unspecified atom stereocenters. The fourth-order valence-corrected chi connectivity index (χ4v) is 1.42. The molecular formula is C9H9ClN2O. The van der Waals surface area contributed by atoms with E-state index in [0.717, 1.165) is 0 Å². The molecule has 3 nitrogen and oxygen atoms in total. The molecule has 13 heavy (non-hydrogen) atoms. The summed E-state index contributed by atoms with van der Waals surface area (Å²) >= 11 is 5.84. The summed E-state index contributed by atoms with van der Waals surface area (Å²) in [6.07, 6.45) is 0. The van der Waals surface area contributed by atoms with Crippen LogP contribution in [-0.4, -0.2) is 11.7 Å². The molecule has 0 fully saturated rings. The van der Waals surface area contributed by atoms with Crippen molar-refractivity contribution in [3.63, 3.8) is 0 Å². The Morgan fingerprint density at radius 3 is 2.85 bits per heavy atom. The maximum Gasteiger partial charge on any atom is 0.0995 e. The smallest absolute Gasteiger partial charge is 0.0995 e. The fourth-order valence-electron chi connectivity index (χ4n) is 1.10. The van der Waals surface area contributed by atoms with Crippen LogP contribution in [0.5, 0.6) is 0 Å². The van der Waals surface area contributed by atoms with E-state index in [1.54, 1.807) is 18.2 Å². The Bertz CT molecular complexity index is 346. The zero-order valence-electron chi connectivity index (χ0n) is 6.87. The van der Waals surface area contributed by atoms with Crippen molar-refractivity contribution in [2.24, 2.45) is 5.73 Å². The van der Waals surface area contributed by atoms with Gasteiger partial charge in [0.1, 0.15) is 0 Å². The molecule has 0 spiro atoms. The van der Waals surface area contributed by atoms with Crippen LogP contribution in [0.4, 0.5) is 0 Å². The second-order valence-electron chi connectivity index (χ2n) is 2.60. The van der Waals surface area contributed by atoms with Gasteiger partial charge < -0.3 is 10.8 Å².